The zero-order valence-electron chi connectivity index (χ0n) is 12.0. The van der Waals surface area contributed by atoms with E-state index in [4.69, 9.17) is 11.1 Å². The Morgan fingerprint density at radius 3 is 2.24 bits per heavy atom. The van der Waals surface area contributed by atoms with Crippen LogP contribution in [0.25, 0.3) is 0 Å². The Kier molecular flexibility index (Phi) is 5.19. The van der Waals surface area contributed by atoms with Crippen molar-refractivity contribution in [1.82, 2.24) is 4.31 Å². The Morgan fingerprint density at radius 1 is 1.14 bits per heavy atom. The molecular weight excluding hydrogens is 288 g/mol. The zero-order chi connectivity index (χ0) is 15.3. The van der Waals surface area contributed by atoms with Crippen LogP contribution in [0, 0.1) is 5.41 Å². The first-order chi connectivity index (χ1) is 9.97. The molecule has 4 N–H and O–H groups in total. The van der Waals surface area contributed by atoms with Crippen LogP contribution in [0.5, 0.6) is 0 Å². The molecule has 0 radical (unpaired) electrons. The Balaban J connectivity index is 2.03. The average molecular weight is 310 g/mol. The third-order valence-electron chi connectivity index (χ3n) is 3.50. The zero-order valence-corrected chi connectivity index (χ0v) is 12.8. The van der Waals surface area contributed by atoms with Gasteiger partial charge in [-0.1, -0.05) is 25.0 Å². The minimum atomic E-state index is -3.48. The smallest absolute Gasteiger partial charge is 0.301 e. The first-order valence-corrected chi connectivity index (χ1v) is 8.61. The highest BCUT2D eigenvalue weighted by molar-refractivity contribution is 7.90. The van der Waals surface area contributed by atoms with Crippen LogP contribution in [0.15, 0.2) is 24.3 Å². The number of rotatable bonds is 5. The first kappa shape index (κ1) is 15.8. The second-order valence-electron chi connectivity index (χ2n) is 5.32. The van der Waals surface area contributed by atoms with Crippen LogP contribution in [0.1, 0.15) is 31.2 Å². The minimum absolute atomic E-state index is 0.0906. The molecule has 0 amide bonds. The van der Waals surface area contributed by atoms with E-state index in [1.165, 1.54) is 4.31 Å². The van der Waals surface area contributed by atoms with Gasteiger partial charge in [-0.25, -0.2) is 0 Å². The van der Waals surface area contributed by atoms with Crippen molar-refractivity contribution in [1.29, 1.82) is 5.41 Å². The van der Waals surface area contributed by atoms with Gasteiger partial charge in [0.15, 0.2) is 0 Å². The van der Waals surface area contributed by atoms with E-state index in [9.17, 15) is 8.42 Å². The summed E-state index contributed by atoms with van der Waals surface area (Å²) >= 11 is 0. The van der Waals surface area contributed by atoms with E-state index in [2.05, 4.69) is 4.72 Å². The maximum atomic E-state index is 12.3. The molecule has 1 fully saturated rings. The second-order valence-corrected chi connectivity index (χ2v) is 6.99. The molecule has 7 heteroatoms. The Morgan fingerprint density at radius 2 is 1.71 bits per heavy atom. The highest BCUT2D eigenvalue weighted by Gasteiger charge is 2.22. The molecule has 0 spiro atoms. The van der Waals surface area contributed by atoms with Crippen molar-refractivity contribution in [2.24, 2.45) is 5.73 Å². The van der Waals surface area contributed by atoms with E-state index < -0.39 is 10.2 Å². The molecule has 1 saturated heterocycles. The molecule has 0 saturated carbocycles. The maximum Gasteiger partial charge on any atom is 0.301 e. The summed E-state index contributed by atoms with van der Waals surface area (Å²) in [7, 11) is -3.48. The van der Waals surface area contributed by atoms with Crippen molar-refractivity contribution in [3.05, 3.63) is 29.8 Å². The molecule has 21 heavy (non-hydrogen) atoms. The highest BCUT2D eigenvalue weighted by Crippen LogP contribution is 2.17. The number of hydrogen-bond donors (Lipinski definition) is 3. The molecule has 116 valence electrons. The van der Waals surface area contributed by atoms with Gasteiger partial charge in [-0.2, -0.15) is 12.7 Å². The lowest BCUT2D eigenvalue weighted by Gasteiger charge is -2.20. The van der Waals surface area contributed by atoms with Crippen LogP contribution < -0.4 is 10.5 Å². The van der Waals surface area contributed by atoms with Crippen molar-refractivity contribution in [3.63, 3.8) is 0 Å². The van der Waals surface area contributed by atoms with Gasteiger partial charge in [-0.3, -0.25) is 10.1 Å². The van der Waals surface area contributed by atoms with Crippen LogP contribution in [0.4, 0.5) is 5.69 Å². The van der Waals surface area contributed by atoms with E-state index in [1.54, 1.807) is 24.3 Å². The lowest BCUT2D eigenvalue weighted by atomic mass is 10.1. The summed E-state index contributed by atoms with van der Waals surface area (Å²) in [5, 5.41) is 7.24. The molecule has 0 aromatic heterocycles. The number of anilines is 1. The molecule has 0 atom stereocenters. The third-order valence-corrected chi connectivity index (χ3v) is 5.04. The van der Waals surface area contributed by atoms with Gasteiger partial charge in [-0.05, 0) is 30.5 Å². The number of amidine groups is 1. The molecule has 1 heterocycles. The molecule has 1 aliphatic heterocycles. The summed E-state index contributed by atoms with van der Waals surface area (Å²) in [6.45, 7) is 1.16. The second kappa shape index (κ2) is 6.91. The van der Waals surface area contributed by atoms with Crippen LogP contribution in [-0.4, -0.2) is 31.6 Å². The number of benzene rings is 1. The van der Waals surface area contributed by atoms with Crippen molar-refractivity contribution >= 4 is 21.7 Å². The molecule has 1 aromatic rings. The third kappa shape index (κ3) is 4.71. The summed E-state index contributed by atoms with van der Waals surface area (Å²) in [5.41, 5.74) is 6.76. The fraction of sp³-hybridized carbons (Fsp3) is 0.500. The van der Waals surface area contributed by atoms with Crippen molar-refractivity contribution < 1.29 is 8.42 Å². The minimum Gasteiger partial charge on any atom is -0.387 e. The van der Waals surface area contributed by atoms with Gasteiger partial charge in [0.2, 0.25) is 0 Å². The fourth-order valence-electron chi connectivity index (χ4n) is 2.41. The van der Waals surface area contributed by atoms with E-state index in [0.717, 1.165) is 31.2 Å². The van der Waals surface area contributed by atoms with Gasteiger partial charge in [0.05, 0.1) is 5.84 Å². The lowest BCUT2D eigenvalue weighted by Crippen LogP contribution is -2.36. The van der Waals surface area contributed by atoms with E-state index in [-0.39, 0.29) is 5.84 Å². The van der Waals surface area contributed by atoms with Gasteiger partial charge in [0.25, 0.3) is 0 Å². The number of hydrogen-bond acceptors (Lipinski definition) is 3. The summed E-state index contributed by atoms with van der Waals surface area (Å²) in [4.78, 5) is 0. The molecular formula is C14H22N4O2S. The Labute approximate surface area is 126 Å². The van der Waals surface area contributed by atoms with E-state index >= 15 is 0 Å². The Bertz CT molecular complexity index is 575. The predicted molar refractivity (Wildman–Crippen MR) is 84.6 cm³/mol. The summed E-state index contributed by atoms with van der Waals surface area (Å²) in [6, 6.07) is 6.96. The molecule has 0 aliphatic carbocycles. The number of nitrogens with one attached hydrogen (secondary N) is 2. The quantitative estimate of drug-likeness (QED) is 0.570. The average Bonchev–Trinajstić information content (AvgIpc) is 2.69. The standard InChI is InChI=1S/C14H22N4O2S/c15-14(16)11-12-5-7-13(8-6-12)17-21(19,20)18-9-3-1-2-4-10-18/h5-8,17H,1-4,9-11H2,(H3,15,16). The Hall–Kier alpha value is -1.60. The van der Waals surface area contributed by atoms with Crippen LogP contribution in [-0.2, 0) is 16.6 Å². The van der Waals surface area contributed by atoms with Gasteiger partial charge in [0.1, 0.15) is 0 Å². The van der Waals surface area contributed by atoms with Gasteiger partial charge in [-0.15, -0.1) is 0 Å². The van der Waals surface area contributed by atoms with Crippen LogP contribution in [0.3, 0.4) is 0 Å². The van der Waals surface area contributed by atoms with Gasteiger partial charge >= 0.3 is 10.2 Å². The monoisotopic (exact) mass is 310 g/mol. The van der Waals surface area contributed by atoms with E-state index in [0.29, 0.717) is 25.2 Å². The molecule has 6 nitrogen and oxygen atoms in total. The highest BCUT2D eigenvalue weighted by atomic mass is 32.2. The van der Waals surface area contributed by atoms with E-state index in [1.807, 2.05) is 0 Å². The van der Waals surface area contributed by atoms with Crippen molar-refractivity contribution in [2.75, 3.05) is 17.8 Å². The molecule has 2 rings (SSSR count). The molecule has 1 aliphatic rings. The van der Waals surface area contributed by atoms with Gasteiger partial charge in [0, 0.05) is 25.2 Å². The molecule has 0 bridgehead atoms. The molecule has 0 unspecified atom stereocenters. The normalized spacial score (nSPS) is 17.1. The summed E-state index contributed by atoms with van der Waals surface area (Å²) in [6.07, 6.45) is 4.38. The maximum absolute atomic E-state index is 12.3. The SMILES string of the molecule is N=C(N)Cc1ccc(NS(=O)(=O)N2CCCCCC2)cc1. The molecule has 1 aromatic carbocycles. The van der Waals surface area contributed by atoms with Gasteiger partial charge < -0.3 is 5.73 Å². The number of nitrogens with two attached hydrogens (primary N) is 1. The summed E-state index contributed by atoms with van der Waals surface area (Å²) < 4.78 is 28.8. The van der Waals surface area contributed by atoms with Crippen LogP contribution >= 0.6 is 0 Å². The fourth-order valence-corrected chi connectivity index (χ4v) is 3.71. The number of nitrogens with zero attached hydrogens (tertiary/aromatic N) is 1. The first-order valence-electron chi connectivity index (χ1n) is 7.17. The topological polar surface area (TPSA) is 99.3 Å². The lowest BCUT2D eigenvalue weighted by molar-refractivity contribution is 0.427. The summed E-state index contributed by atoms with van der Waals surface area (Å²) in [5.74, 6) is 0.0906. The van der Waals surface area contributed by atoms with Crippen LogP contribution in [0.2, 0.25) is 0 Å². The predicted octanol–water partition coefficient (Wildman–Crippen LogP) is 1.70. The van der Waals surface area contributed by atoms with Crippen molar-refractivity contribution in [2.45, 2.75) is 32.1 Å². The largest absolute Gasteiger partial charge is 0.387 e. The van der Waals surface area contributed by atoms with Crippen molar-refractivity contribution in [3.8, 4) is 0 Å².